The topological polar surface area (TPSA) is 87.9 Å². The van der Waals surface area contributed by atoms with Gasteiger partial charge in [0.2, 0.25) is 11.8 Å². The summed E-state index contributed by atoms with van der Waals surface area (Å²) < 4.78 is 23.7. The highest BCUT2D eigenvalue weighted by atomic mass is 19.1. The van der Waals surface area contributed by atoms with E-state index in [0.717, 1.165) is 12.0 Å². The van der Waals surface area contributed by atoms with E-state index in [9.17, 15) is 14.0 Å². The summed E-state index contributed by atoms with van der Waals surface area (Å²) in [7, 11) is 1.64. The van der Waals surface area contributed by atoms with Gasteiger partial charge in [-0.2, -0.15) is 0 Å². The lowest BCUT2D eigenvalue weighted by atomic mass is 10.2. The zero-order valence-corrected chi connectivity index (χ0v) is 17.8. The number of aryl methyl sites for hydroxylation is 1. The number of oxazole rings is 1. The number of benzene rings is 1. The van der Waals surface area contributed by atoms with Gasteiger partial charge in [-0.25, -0.2) is 9.37 Å². The summed E-state index contributed by atoms with van der Waals surface area (Å²) in [5, 5.41) is 2.88. The molecule has 2 amide bonds. The van der Waals surface area contributed by atoms with E-state index >= 15 is 0 Å². The zero-order valence-electron chi connectivity index (χ0n) is 17.8. The van der Waals surface area contributed by atoms with Crippen molar-refractivity contribution >= 4 is 11.8 Å². The number of aromatic nitrogens is 1. The number of rotatable bonds is 10. The van der Waals surface area contributed by atoms with Gasteiger partial charge in [0, 0.05) is 64.8 Å². The number of methoxy groups -OCH3 is 1. The average Bonchev–Trinajstić information content (AvgIpc) is 3.25. The van der Waals surface area contributed by atoms with Gasteiger partial charge in [0.1, 0.15) is 5.82 Å². The van der Waals surface area contributed by atoms with Crippen molar-refractivity contribution in [3.63, 3.8) is 0 Å². The maximum absolute atomic E-state index is 13.0. The van der Waals surface area contributed by atoms with Gasteiger partial charge in [0.15, 0.2) is 11.7 Å². The fourth-order valence-corrected chi connectivity index (χ4v) is 3.40. The molecule has 0 bridgehead atoms. The Morgan fingerprint density at radius 2 is 1.94 bits per heavy atom. The van der Waals surface area contributed by atoms with Crippen molar-refractivity contribution in [2.45, 2.75) is 19.3 Å². The SMILES string of the molecule is COCCCNC(=O)CN1CCN(C(=O)CCc2ncc(-c3ccc(F)cc3)o2)CC1. The Morgan fingerprint density at radius 1 is 1.19 bits per heavy atom. The van der Waals surface area contributed by atoms with Crippen LogP contribution in [0.5, 0.6) is 0 Å². The number of carbonyl (C=O) groups excluding carboxylic acids is 2. The molecule has 1 N–H and O–H groups in total. The zero-order chi connectivity index (χ0) is 22.1. The molecule has 1 aromatic carbocycles. The molecule has 168 valence electrons. The van der Waals surface area contributed by atoms with Gasteiger partial charge >= 0.3 is 0 Å². The minimum atomic E-state index is -0.308. The molecule has 31 heavy (non-hydrogen) atoms. The van der Waals surface area contributed by atoms with Crippen molar-refractivity contribution < 1.29 is 23.1 Å². The number of ether oxygens (including phenoxy) is 1. The molecule has 3 rings (SSSR count). The van der Waals surface area contributed by atoms with Crippen LogP contribution in [0.3, 0.4) is 0 Å². The quantitative estimate of drug-likeness (QED) is 0.575. The third-order valence-corrected chi connectivity index (χ3v) is 5.17. The summed E-state index contributed by atoms with van der Waals surface area (Å²) in [5.41, 5.74) is 0.741. The number of piperazine rings is 1. The minimum absolute atomic E-state index is 0.00303. The van der Waals surface area contributed by atoms with Crippen LogP contribution in [0.1, 0.15) is 18.7 Å². The van der Waals surface area contributed by atoms with E-state index < -0.39 is 0 Å². The first-order chi connectivity index (χ1) is 15.0. The Balaban J connectivity index is 1.37. The molecule has 0 unspecified atom stereocenters. The monoisotopic (exact) mass is 432 g/mol. The summed E-state index contributed by atoms with van der Waals surface area (Å²) in [6, 6.07) is 5.99. The second kappa shape index (κ2) is 11.6. The molecule has 1 fully saturated rings. The van der Waals surface area contributed by atoms with E-state index in [1.54, 1.807) is 25.4 Å². The third-order valence-electron chi connectivity index (χ3n) is 5.17. The predicted octanol–water partition coefficient (Wildman–Crippen LogP) is 1.71. The van der Waals surface area contributed by atoms with Crippen LogP contribution >= 0.6 is 0 Å². The highest BCUT2D eigenvalue weighted by molar-refractivity contribution is 5.78. The molecular weight excluding hydrogens is 403 g/mol. The number of hydrogen-bond acceptors (Lipinski definition) is 6. The molecule has 0 radical (unpaired) electrons. The fraction of sp³-hybridized carbons (Fsp3) is 0.500. The van der Waals surface area contributed by atoms with E-state index in [4.69, 9.17) is 9.15 Å². The number of nitrogens with zero attached hydrogens (tertiary/aromatic N) is 3. The predicted molar refractivity (Wildman–Crippen MR) is 113 cm³/mol. The smallest absolute Gasteiger partial charge is 0.234 e. The Kier molecular flexibility index (Phi) is 8.54. The van der Waals surface area contributed by atoms with Crippen LogP contribution in [-0.4, -0.2) is 79.6 Å². The molecule has 0 aliphatic carbocycles. The third kappa shape index (κ3) is 7.15. The highest BCUT2D eigenvalue weighted by Crippen LogP contribution is 2.21. The van der Waals surface area contributed by atoms with Crippen molar-refractivity contribution in [3.05, 3.63) is 42.2 Å². The second-order valence-corrected chi connectivity index (χ2v) is 7.48. The van der Waals surface area contributed by atoms with Gasteiger partial charge in [-0.1, -0.05) is 0 Å². The first-order valence-electron chi connectivity index (χ1n) is 10.5. The maximum Gasteiger partial charge on any atom is 0.234 e. The lowest BCUT2D eigenvalue weighted by Gasteiger charge is -2.34. The molecule has 0 saturated carbocycles. The van der Waals surface area contributed by atoms with E-state index in [1.165, 1.54) is 12.1 Å². The number of hydrogen-bond donors (Lipinski definition) is 1. The summed E-state index contributed by atoms with van der Waals surface area (Å²) in [6.45, 7) is 4.12. The van der Waals surface area contributed by atoms with Crippen LogP contribution in [0.4, 0.5) is 4.39 Å². The van der Waals surface area contributed by atoms with Crippen LogP contribution < -0.4 is 5.32 Å². The van der Waals surface area contributed by atoms with Crippen molar-refractivity contribution in [1.82, 2.24) is 20.1 Å². The van der Waals surface area contributed by atoms with Gasteiger partial charge in [-0.05, 0) is 30.7 Å². The summed E-state index contributed by atoms with van der Waals surface area (Å²) in [4.78, 5) is 32.6. The molecule has 2 heterocycles. The fourth-order valence-electron chi connectivity index (χ4n) is 3.40. The summed E-state index contributed by atoms with van der Waals surface area (Å²) in [5.74, 6) is 0.770. The largest absolute Gasteiger partial charge is 0.441 e. The van der Waals surface area contributed by atoms with E-state index in [-0.39, 0.29) is 17.6 Å². The molecule has 2 aromatic rings. The number of halogens is 1. The van der Waals surface area contributed by atoms with Crippen LogP contribution in [0.25, 0.3) is 11.3 Å². The first kappa shape index (κ1) is 22.9. The molecule has 1 aromatic heterocycles. The number of amides is 2. The summed E-state index contributed by atoms with van der Waals surface area (Å²) >= 11 is 0. The van der Waals surface area contributed by atoms with E-state index in [2.05, 4.69) is 15.2 Å². The molecular formula is C22H29FN4O4. The Labute approximate surface area is 181 Å². The normalized spacial score (nSPS) is 14.6. The lowest BCUT2D eigenvalue weighted by molar-refractivity contribution is -0.133. The maximum atomic E-state index is 13.0. The molecule has 1 aliphatic rings. The molecule has 0 spiro atoms. The van der Waals surface area contributed by atoms with Crippen LogP contribution in [0.15, 0.2) is 34.9 Å². The Bertz CT molecular complexity index is 847. The van der Waals surface area contributed by atoms with Crippen molar-refractivity contribution in [2.24, 2.45) is 0 Å². The van der Waals surface area contributed by atoms with E-state index in [0.29, 0.717) is 70.4 Å². The van der Waals surface area contributed by atoms with Crippen LogP contribution in [0, 0.1) is 5.82 Å². The Morgan fingerprint density at radius 3 is 2.65 bits per heavy atom. The second-order valence-electron chi connectivity index (χ2n) is 7.48. The number of carbonyl (C=O) groups is 2. The molecule has 1 saturated heterocycles. The summed E-state index contributed by atoms with van der Waals surface area (Å²) in [6.07, 6.45) is 3.10. The number of nitrogens with one attached hydrogen (secondary N) is 1. The van der Waals surface area contributed by atoms with Crippen LogP contribution in [0.2, 0.25) is 0 Å². The molecule has 8 nitrogen and oxygen atoms in total. The first-order valence-corrected chi connectivity index (χ1v) is 10.5. The van der Waals surface area contributed by atoms with E-state index in [1.807, 2.05) is 4.90 Å². The van der Waals surface area contributed by atoms with Gasteiger partial charge in [0.25, 0.3) is 0 Å². The highest BCUT2D eigenvalue weighted by Gasteiger charge is 2.22. The van der Waals surface area contributed by atoms with Gasteiger partial charge in [0.05, 0.1) is 12.7 Å². The van der Waals surface area contributed by atoms with Crippen molar-refractivity contribution in [3.8, 4) is 11.3 Å². The molecule has 9 heteroatoms. The minimum Gasteiger partial charge on any atom is -0.441 e. The van der Waals surface area contributed by atoms with Gasteiger partial charge < -0.3 is 19.4 Å². The van der Waals surface area contributed by atoms with Gasteiger partial charge in [-0.15, -0.1) is 0 Å². The van der Waals surface area contributed by atoms with Crippen molar-refractivity contribution in [2.75, 3.05) is 53.0 Å². The Hall–Kier alpha value is -2.78. The molecule has 0 atom stereocenters. The standard InChI is InChI=1S/C22H29FN4O4/c1-30-14-2-9-24-20(28)16-26-10-12-27(13-11-26)22(29)8-7-21-25-15-19(31-21)17-3-5-18(23)6-4-17/h3-6,15H,2,7-14,16H2,1H3,(H,24,28). The van der Waals surface area contributed by atoms with Gasteiger partial charge in [-0.3, -0.25) is 14.5 Å². The molecule has 1 aliphatic heterocycles. The average molecular weight is 432 g/mol. The van der Waals surface area contributed by atoms with Crippen LogP contribution in [-0.2, 0) is 20.7 Å². The lowest BCUT2D eigenvalue weighted by Crippen LogP contribution is -2.51. The van der Waals surface area contributed by atoms with Crippen molar-refractivity contribution in [1.29, 1.82) is 0 Å².